The van der Waals surface area contributed by atoms with E-state index in [-0.39, 0.29) is 12.6 Å². The SMILES string of the molecule is CN[C@@H]1[C@H](O)[C@H](O[C@H]2OC(CN)=CC[C@@H]2N)[C@@H](N)C[C@@H]1O. The molecule has 0 bridgehead atoms. The quantitative estimate of drug-likeness (QED) is 0.329. The maximum absolute atomic E-state index is 10.3. The molecule has 1 aliphatic heterocycles. The molecule has 1 saturated carbocycles. The molecule has 0 amide bonds. The molecule has 9 N–H and O–H groups in total. The fourth-order valence-corrected chi connectivity index (χ4v) is 2.87. The Bertz CT molecular complexity index is 381. The number of aliphatic hydroxyl groups is 2. The van der Waals surface area contributed by atoms with E-state index in [2.05, 4.69) is 5.32 Å². The van der Waals surface area contributed by atoms with Gasteiger partial charge in [0.1, 0.15) is 11.9 Å². The largest absolute Gasteiger partial charge is 0.467 e. The summed E-state index contributed by atoms with van der Waals surface area (Å²) in [5, 5.41) is 23.2. The van der Waals surface area contributed by atoms with E-state index in [0.717, 1.165) is 0 Å². The fourth-order valence-electron chi connectivity index (χ4n) is 2.87. The summed E-state index contributed by atoms with van der Waals surface area (Å²) in [7, 11) is 1.67. The van der Waals surface area contributed by atoms with Crippen molar-refractivity contribution in [2.24, 2.45) is 17.2 Å². The molecule has 21 heavy (non-hydrogen) atoms. The Hall–Kier alpha value is -0.740. The fraction of sp³-hybridized carbons (Fsp3) is 0.846. The van der Waals surface area contributed by atoms with Crippen molar-refractivity contribution < 1.29 is 19.7 Å². The molecule has 2 rings (SSSR count). The Labute approximate surface area is 124 Å². The third-order valence-corrected chi connectivity index (χ3v) is 4.12. The van der Waals surface area contributed by atoms with Gasteiger partial charge >= 0.3 is 0 Å². The highest BCUT2D eigenvalue weighted by molar-refractivity contribution is 5.03. The van der Waals surface area contributed by atoms with E-state index in [0.29, 0.717) is 18.6 Å². The van der Waals surface area contributed by atoms with Crippen molar-refractivity contribution in [2.75, 3.05) is 13.6 Å². The summed E-state index contributed by atoms with van der Waals surface area (Å²) in [5.74, 6) is 0.616. The highest BCUT2D eigenvalue weighted by Crippen LogP contribution is 2.26. The number of aliphatic hydroxyl groups excluding tert-OH is 2. The number of ether oxygens (including phenoxy) is 2. The minimum absolute atomic E-state index is 0.268. The molecule has 2 aliphatic rings. The van der Waals surface area contributed by atoms with Gasteiger partial charge in [-0.25, -0.2) is 0 Å². The lowest BCUT2D eigenvalue weighted by Gasteiger charge is -2.43. The van der Waals surface area contributed by atoms with Crippen LogP contribution < -0.4 is 22.5 Å². The molecule has 8 nitrogen and oxygen atoms in total. The average Bonchev–Trinajstić information content (AvgIpc) is 2.45. The van der Waals surface area contributed by atoms with Crippen molar-refractivity contribution in [3.63, 3.8) is 0 Å². The molecule has 1 heterocycles. The van der Waals surface area contributed by atoms with Crippen molar-refractivity contribution in [2.45, 2.75) is 55.6 Å². The second-order valence-electron chi connectivity index (χ2n) is 5.63. The lowest BCUT2D eigenvalue weighted by Crippen LogP contribution is -2.64. The summed E-state index contributed by atoms with van der Waals surface area (Å²) in [5.41, 5.74) is 17.5. The first-order chi connectivity index (χ1) is 9.97. The number of rotatable bonds is 4. The van der Waals surface area contributed by atoms with Crippen molar-refractivity contribution in [1.82, 2.24) is 5.32 Å². The van der Waals surface area contributed by atoms with Gasteiger partial charge < -0.3 is 42.2 Å². The maximum Gasteiger partial charge on any atom is 0.215 e. The molecular formula is C13H26N4O4. The topological polar surface area (TPSA) is 149 Å². The summed E-state index contributed by atoms with van der Waals surface area (Å²) >= 11 is 0. The van der Waals surface area contributed by atoms with Crippen molar-refractivity contribution in [3.8, 4) is 0 Å². The van der Waals surface area contributed by atoms with Gasteiger partial charge in [0.25, 0.3) is 0 Å². The zero-order valence-electron chi connectivity index (χ0n) is 12.2. The van der Waals surface area contributed by atoms with Gasteiger partial charge in [0.2, 0.25) is 6.29 Å². The summed E-state index contributed by atoms with van der Waals surface area (Å²) in [6.45, 7) is 0.268. The standard InChI is InChI=1S/C13H26N4O4/c1-17-10-9(18)4-8(16)12(11(10)19)21-13-7(15)3-2-6(5-14)20-13/h2,7-13,17-19H,3-5,14-16H2,1H3/t7-,8-,9-,10-,11-,12+,13+/m0/s1. The van der Waals surface area contributed by atoms with Crippen LogP contribution >= 0.6 is 0 Å². The second-order valence-corrected chi connectivity index (χ2v) is 5.63. The molecule has 0 aromatic carbocycles. The molecule has 1 fully saturated rings. The first-order valence-corrected chi connectivity index (χ1v) is 7.23. The van der Waals surface area contributed by atoms with E-state index in [1.807, 2.05) is 6.08 Å². The molecule has 0 aromatic rings. The summed E-state index contributed by atoms with van der Waals surface area (Å²) in [6, 6.07) is -1.35. The average molecular weight is 302 g/mol. The van der Waals surface area contributed by atoms with Gasteiger partial charge in [-0.3, -0.25) is 0 Å². The zero-order chi connectivity index (χ0) is 15.6. The lowest BCUT2D eigenvalue weighted by molar-refractivity contribution is -0.211. The van der Waals surface area contributed by atoms with Gasteiger partial charge in [-0.1, -0.05) is 0 Å². The van der Waals surface area contributed by atoms with Crippen LogP contribution in [0, 0.1) is 0 Å². The molecule has 0 spiro atoms. The van der Waals surface area contributed by atoms with Crippen LogP contribution in [0.25, 0.3) is 0 Å². The number of likely N-dealkylation sites (N-methyl/N-ethyl adjacent to an activating group) is 1. The molecular weight excluding hydrogens is 276 g/mol. The van der Waals surface area contributed by atoms with Gasteiger partial charge in [0, 0.05) is 6.04 Å². The maximum atomic E-state index is 10.3. The van der Waals surface area contributed by atoms with E-state index in [4.69, 9.17) is 26.7 Å². The molecule has 1 aliphatic carbocycles. The lowest BCUT2D eigenvalue weighted by atomic mass is 9.84. The van der Waals surface area contributed by atoms with Crippen LogP contribution in [0.2, 0.25) is 0 Å². The van der Waals surface area contributed by atoms with E-state index < -0.39 is 36.7 Å². The predicted molar refractivity (Wildman–Crippen MR) is 76.9 cm³/mol. The van der Waals surface area contributed by atoms with Gasteiger partial charge in [-0.15, -0.1) is 0 Å². The van der Waals surface area contributed by atoms with Crippen molar-refractivity contribution >= 4 is 0 Å². The Morgan fingerprint density at radius 2 is 2.10 bits per heavy atom. The summed E-state index contributed by atoms with van der Waals surface area (Å²) in [4.78, 5) is 0. The molecule has 0 unspecified atom stereocenters. The predicted octanol–water partition coefficient (Wildman–Crippen LogP) is -2.67. The molecule has 0 aromatic heterocycles. The van der Waals surface area contributed by atoms with Gasteiger partial charge in [0.15, 0.2) is 0 Å². The molecule has 7 atom stereocenters. The smallest absolute Gasteiger partial charge is 0.215 e. The van der Waals surface area contributed by atoms with E-state index in [9.17, 15) is 10.2 Å². The zero-order valence-corrected chi connectivity index (χ0v) is 12.2. The first-order valence-electron chi connectivity index (χ1n) is 7.23. The highest BCUT2D eigenvalue weighted by atomic mass is 16.7. The van der Waals surface area contributed by atoms with Crippen LogP contribution in [0.4, 0.5) is 0 Å². The number of nitrogens with one attached hydrogen (secondary N) is 1. The molecule has 122 valence electrons. The minimum Gasteiger partial charge on any atom is -0.467 e. The van der Waals surface area contributed by atoms with E-state index in [1.54, 1.807) is 7.05 Å². The Morgan fingerprint density at radius 3 is 2.71 bits per heavy atom. The molecule has 0 saturated heterocycles. The molecule has 8 heteroatoms. The highest BCUT2D eigenvalue weighted by Gasteiger charge is 2.44. The van der Waals surface area contributed by atoms with Crippen molar-refractivity contribution in [1.29, 1.82) is 0 Å². The van der Waals surface area contributed by atoms with E-state index >= 15 is 0 Å². The monoisotopic (exact) mass is 302 g/mol. The van der Waals surface area contributed by atoms with E-state index in [1.165, 1.54) is 0 Å². The van der Waals surface area contributed by atoms with Crippen LogP contribution in [0.15, 0.2) is 11.8 Å². The summed E-state index contributed by atoms with van der Waals surface area (Å²) < 4.78 is 11.4. The Kier molecular flexibility index (Phi) is 5.55. The van der Waals surface area contributed by atoms with Crippen LogP contribution in [-0.2, 0) is 9.47 Å². The second kappa shape index (κ2) is 7.01. The van der Waals surface area contributed by atoms with Crippen LogP contribution in [0.3, 0.4) is 0 Å². The normalized spacial score (nSPS) is 44.1. The van der Waals surface area contributed by atoms with Gasteiger partial charge in [-0.2, -0.15) is 0 Å². The Morgan fingerprint density at radius 1 is 1.38 bits per heavy atom. The van der Waals surface area contributed by atoms with Crippen LogP contribution in [0.1, 0.15) is 12.8 Å². The number of nitrogens with two attached hydrogens (primary N) is 3. The third kappa shape index (κ3) is 3.54. The molecule has 0 radical (unpaired) electrons. The van der Waals surface area contributed by atoms with Crippen LogP contribution in [0.5, 0.6) is 0 Å². The number of hydrogen-bond acceptors (Lipinski definition) is 8. The first kappa shape index (κ1) is 16.6. The third-order valence-electron chi connectivity index (χ3n) is 4.12. The van der Waals surface area contributed by atoms with Gasteiger partial charge in [0.05, 0.1) is 30.8 Å². The number of hydrogen-bond donors (Lipinski definition) is 6. The van der Waals surface area contributed by atoms with Crippen molar-refractivity contribution in [3.05, 3.63) is 11.8 Å². The minimum atomic E-state index is -0.947. The summed E-state index contributed by atoms with van der Waals surface area (Å²) in [6.07, 6.45) is -0.285. The Balaban J connectivity index is 2.05. The van der Waals surface area contributed by atoms with Crippen LogP contribution in [-0.4, -0.2) is 66.5 Å². The van der Waals surface area contributed by atoms with Gasteiger partial charge in [-0.05, 0) is 26.0 Å².